The lowest BCUT2D eigenvalue weighted by Gasteiger charge is -2.06. The summed E-state index contributed by atoms with van der Waals surface area (Å²) >= 11 is 5.79. The molecule has 0 aromatic carbocycles. The van der Waals surface area contributed by atoms with Crippen LogP contribution in [0.5, 0.6) is 17.8 Å². The molecule has 0 fully saturated rings. The molecule has 0 bridgehead atoms. The maximum absolute atomic E-state index is 5.79. The van der Waals surface area contributed by atoms with Gasteiger partial charge in [0.25, 0.3) is 0 Å². The molecule has 0 saturated carbocycles. The second-order valence-corrected chi connectivity index (χ2v) is 4.17. The summed E-state index contributed by atoms with van der Waals surface area (Å²) in [7, 11) is 1.83. The topological polar surface area (TPSA) is 75.0 Å². The molecule has 7 nitrogen and oxygen atoms in total. The van der Waals surface area contributed by atoms with Crippen molar-refractivity contribution in [2.75, 3.05) is 6.61 Å². The Morgan fingerprint density at radius 2 is 1.84 bits per heavy atom. The molecule has 0 aliphatic carbocycles. The minimum absolute atomic E-state index is 0.0210. The zero-order valence-corrected chi connectivity index (χ0v) is 11.9. The van der Waals surface area contributed by atoms with Crippen molar-refractivity contribution in [3.05, 3.63) is 16.7 Å². The Kier molecular flexibility index (Phi) is 3.84. The monoisotopic (exact) mass is 283 g/mol. The van der Waals surface area contributed by atoms with Crippen LogP contribution in [0.15, 0.2) is 0 Å². The van der Waals surface area contributed by atoms with E-state index >= 15 is 0 Å². The Bertz CT molecular complexity index is 599. The molecule has 19 heavy (non-hydrogen) atoms. The molecule has 8 heteroatoms. The van der Waals surface area contributed by atoms with Crippen LogP contribution in [0.1, 0.15) is 18.3 Å². The van der Waals surface area contributed by atoms with Crippen LogP contribution in [0.4, 0.5) is 0 Å². The number of hydrogen-bond donors (Lipinski definition) is 0. The van der Waals surface area contributed by atoms with Crippen molar-refractivity contribution in [2.24, 2.45) is 7.05 Å². The van der Waals surface area contributed by atoms with Gasteiger partial charge < -0.3 is 9.47 Å². The Morgan fingerprint density at radius 1 is 1.16 bits per heavy atom. The first-order valence-electron chi connectivity index (χ1n) is 5.73. The van der Waals surface area contributed by atoms with Crippen LogP contribution < -0.4 is 9.47 Å². The van der Waals surface area contributed by atoms with Crippen LogP contribution in [0.25, 0.3) is 0 Å². The van der Waals surface area contributed by atoms with Gasteiger partial charge in [0.15, 0.2) is 5.75 Å². The van der Waals surface area contributed by atoms with E-state index in [1.165, 1.54) is 0 Å². The molecule has 0 amide bonds. The van der Waals surface area contributed by atoms with E-state index in [1.54, 1.807) is 4.68 Å². The van der Waals surface area contributed by atoms with Gasteiger partial charge in [0.2, 0.25) is 5.28 Å². The lowest BCUT2D eigenvalue weighted by atomic mass is 10.3. The average Bonchev–Trinajstić information content (AvgIpc) is 2.56. The van der Waals surface area contributed by atoms with Crippen LogP contribution >= 0.6 is 11.6 Å². The summed E-state index contributed by atoms with van der Waals surface area (Å²) in [5.41, 5.74) is 1.61. The van der Waals surface area contributed by atoms with E-state index < -0.39 is 0 Å². The van der Waals surface area contributed by atoms with Crippen molar-refractivity contribution >= 4 is 11.6 Å². The number of nitrogens with zero attached hydrogens (tertiary/aromatic N) is 5. The summed E-state index contributed by atoms with van der Waals surface area (Å²) < 4.78 is 12.5. The number of halogens is 1. The van der Waals surface area contributed by atoms with Gasteiger partial charge in [0.05, 0.1) is 12.3 Å². The van der Waals surface area contributed by atoms with Crippen LogP contribution in [0, 0.1) is 13.8 Å². The van der Waals surface area contributed by atoms with Crippen molar-refractivity contribution < 1.29 is 9.47 Å². The van der Waals surface area contributed by atoms with Crippen molar-refractivity contribution in [3.8, 4) is 17.8 Å². The molecule has 0 aliphatic heterocycles. The van der Waals surface area contributed by atoms with Crippen molar-refractivity contribution in [3.63, 3.8) is 0 Å². The van der Waals surface area contributed by atoms with E-state index in [1.807, 2.05) is 27.8 Å². The van der Waals surface area contributed by atoms with Gasteiger partial charge in [0.1, 0.15) is 5.69 Å². The highest BCUT2D eigenvalue weighted by atomic mass is 35.5. The Balaban J connectivity index is 2.32. The molecule has 0 saturated heterocycles. The van der Waals surface area contributed by atoms with Gasteiger partial charge in [-0.3, -0.25) is 4.68 Å². The van der Waals surface area contributed by atoms with Crippen LogP contribution in [-0.4, -0.2) is 31.3 Å². The molecular formula is C11H14ClN5O2. The fourth-order valence-corrected chi connectivity index (χ4v) is 1.69. The molecule has 2 aromatic heterocycles. The van der Waals surface area contributed by atoms with Gasteiger partial charge in [-0.1, -0.05) is 0 Å². The maximum Gasteiger partial charge on any atom is 0.329 e. The fourth-order valence-electron chi connectivity index (χ4n) is 1.55. The minimum atomic E-state index is 0.0210. The zero-order valence-electron chi connectivity index (χ0n) is 11.1. The Labute approximate surface area is 115 Å². The first-order chi connectivity index (χ1) is 9.01. The highest BCUT2D eigenvalue weighted by molar-refractivity contribution is 6.28. The molecule has 2 rings (SSSR count). The van der Waals surface area contributed by atoms with E-state index in [4.69, 9.17) is 21.1 Å². The SMILES string of the molecule is CCOc1nc(Cl)nc(Oc2c(C)nn(C)c2C)n1. The van der Waals surface area contributed by atoms with Crippen LogP contribution in [0.2, 0.25) is 5.28 Å². The average molecular weight is 284 g/mol. The molecule has 2 heterocycles. The first-order valence-corrected chi connectivity index (χ1v) is 6.11. The summed E-state index contributed by atoms with van der Waals surface area (Å²) in [6.07, 6.45) is 0. The first kappa shape index (κ1) is 13.5. The molecular weight excluding hydrogens is 270 g/mol. The van der Waals surface area contributed by atoms with Gasteiger partial charge in [-0.2, -0.15) is 15.1 Å². The predicted molar refractivity (Wildman–Crippen MR) is 68.8 cm³/mol. The van der Waals surface area contributed by atoms with Crippen LogP contribution in [-0.2, 0) is 7.05 Å². The maximum atomic E-state index is 5.79. The van der Waals surface area contributed by atoms with E-state index in [9.17, 15) is 0 Å². The van der Waals surface area contributed by atoms with Crippen LogP contribution in [0.3, 0.4) is 0 Å². The lowest BCUT2D eigenvalue weighted by molar-refractivity contribution is 0.302. The smallest absolute Gasteiger partial charge is 0.329 e. The predicted octanol–water partition coefficient (Wildman–Crippen LogP) is 2.07. The second-order valence-electron chi connectivity index (χ2n) is 3.83. The highest BCUT2D eigenvalue weighted by Crippen LogP contribution is 2.26. The van der Waals surface area contributed by atoms with Gasteiger partial charge in [0, 0.05) is 7.05 Å². The van der Waals surface area contributed by atoms with Gasteiger partial charge in [-0.05, 0) is 32.4 Å². The normalized spacial score (nSPS) is 10.6. The quantitative estimate of drug-likeness (QED) is 0.855. The summed E-state index contributed by atoms with van der Waals surface area (Å²) in [5, 5.41) is 4.27. The molecule has 0 radical (unpaired) electrons. The van der Waals surface area contributed by atoms with Crippen molar-refractivity contribution in [2.45, 2.75) is 20.8 Å². The number of aryl methyl sites for hydroxylation is 2. The van der Waals surface area contributed by atoms with E-state index in [0.29, 0.717) is 12.4 Å². The molecule has 0 aliphatic rings. The van der Waals surface area contributed by atoms with Gasteiger partial charge in [-0.25, -0.2) is 0 Å². The summed E-state index contributed by atoms with van der Waals surface area (Å²) in [6, 6.07) is 0.222. The standard InChI is InChI=1S/C11H14ClN5O2/c1-5-18-10-13-9(12)14-11(15-10)19-8-6(2)16-17(4)7(8)3/h5H2,1-4H3. The van der Waals surface area contributed by atoms with E-state index in [0.717, 1.165) is 11.4 Å². The zero-order chi connectivity index (χ0) is 14.0. The van der Waals surface area contributed by atoms with E-state index in [-0.39, 0.29) is 17.3 Å². The molecule has 102 valence electrons. The number of ether oxygens (including phenoxy) is 2. The highest BCUT2D eigenvalue weighted by Gasteiger charge is 2.15. The summed E-state index contributed by atoms with van der Waals surface area (Å²) in [6.45, 7) is 5.99. The summed E-state index contributed by atoms with van der Waals surface area (Å²) in [5.74, 6) is 0.604. The second kappa shape index (κ2) is 5.40. The Hall–Kier alpha value is -1.89. The van der Waals surface area contributed by atoms with Gasteiger partial charge >= 0.3 is 12.0 Å². The van der Waals surface area contributed by atoms with Crippen molar-refractivity contribution in [1.29, 1.82) is 0 Å². The Morgan fingerprint density at radius 3 is 2.42 bits per heavy atom. The number of rotatable bonds is 4. The third kappa shape index (κ3) is 2.93. The third-order valence-corrected chi connectivity index (χ3v) is 2.65. The number of aromatic nitrogens is 5. The number of hydrogen-bond acceptors (Lipinski definition) is 6. The van der Waals surface area contributed by atoms with Gasteiger partial charge in [-0.15, -0.1) is 4.98 Å². The lowest BCUT2D eigenvalue weighted by Crippen LogP contribution is -2.02. The van der Waals surface area contributed by atoms with E-state index in [2.05, 4.69) is 20.1 Å². The van der Waals surface area contributed by atoms with Crippen molar-refractivity contribution in [1.82, 2.24) is 24.7 Å². The fraction of sp³-hybridized carbons (Fsp3) is 0.455. The minimum Gasteiger partial charge on any atom is -0.464 e. The summed E-state index contributed by atoms with van der Waals surface area (Å²) in [4.78, 5) is 11.8. The molecule has 0 N–H and O–H groups in total. The molecule has 0 unspecified atom stereocenters. The third-order valence-electron chi connectivity index (χ3n) is 2.48. The molecule has 0 spiro atoms. The largest absolute Gasteiger partial charge is 0.464 e. The molecule has 2 aromatic rings. The molecule has 0 atom stereocenters.